The summed E-state index contributed by atoms with van der Waals surface area (Å²) in [7, 11) is 0. The first-order valence-electron chi connectivity index (χ1n) is 6.58. The molecule has 0 aliphatic carbocycles. The topological polar surface area (TPSA) is 69.4 Å². The van der Waals surface area contributed by atoms with Crippen molar-refractivity contribution in [3.05, 3.63) is 74.8 Å². The minimum atomic E-state index is -2.91. The van der Waals surface area contributed by atoms with Crippen LogP contribution in [-0.2, 0) is 0 Å². The fourth-order valence-corrected chi connectivity index (χ4v) is 2.02. The molecule has 0 aliphatic rings. The van der Waals surface area contributed by atoms with E-state index in [9.17, 15) is 23.7 Å². The summed E-state index contributed by atoms with van der Waals surface area (Å²) in [5.41, 5.74) is 0.331. The Morgan fingerprint density at radius 2 is 1.88 bits per heavy atom. The number of halogens is 3. The Morgan fingerprint density at radius 3 is 2.46 bits per heavy atom. The number of ketones is 1. The number of carbonyl (C=O) groups is 1. The number of alkyl halides is 2. The van der Waals surface area contributed by atoms with Crippen molar-refractivity contribution >= 4 is 29.1 Å². The molecule has 8 heteroatoms. The average molecular weight is 354 g/mol. The van der Waals surface area contributed by atoms with Crippen LogP contribution in [0.2, 0.25) is 5.02 Å². The van der Waals surface area contributed by atoms with Crippen LogP contribution in [-0.4, -0.2) is 17.3 Å². The zero-order valence-electron chi connectivity index (χ0n) is 12.0. The summed E-state index contributed by atoms with van der Waals surface area (Å²) in [4.78, 5) is 22.2. The predicted molar refractivity (Wildman–Crippen MR) is 84.5 cm³/mol. The summed E-state index contributed by atoms with van der Waals surface area (Å²) in [6.07, 6.45) is 2.67. The molecule has 0 aromatic heterocycles. The standard InChI is InChI=1S/C16H10ClF2NO4/c17-13-7-4-11(9-14(13)20(22)23)15(21)8-3-10-1-5-12(6-2-10)24-16(18)19/h1-9,16H/b8-3+. The fourth-order valence-electron chi connectivity index (χ4n) is 1.83. The van der Waals surface area contributed by atoms with Gasteiger partial charge >= 0.3 is 6.61 Å². The largest absolute Gasteiger partial charge is 0.435 e. The summed E-state index contributed by atoms with van der Waals surface area (Å²) in [5, 5.41) is 10.8. The molecule has 0 heterocycles. The molecule has 2 aromatic carbocycles. The SMILES string of the molecule is O=C(/C=C/c1ccc(OC(F)F)cc1)c1ccc(Cl)c([N+](=O)[O-])c1. The molecule has 0 aliphatic heterocycles. The molecule has 0 N–H and O–H groups in total. The third-order valence-corrected chi connectivity index (χ3v) is 3.28. The van der Waals surface area contributed by atoms with Gasteiger partial charge in [-0.15, -0.1) is 0 Å². The van der Waals surface area contributed by atoms with Crippen LogP contribution >= 0.6 is 11.6 Å². The Balaban J connectivity index is 2.13. The fraction of sp³-hybridized carbons (Fsp3) is 0.0625. The lowest BCUT2D eigenvalue weighted by molar-refractivity contribution is -0.384. The number of benzene rings is 2. The molecule has 124 valence electrons. The van der Waals surface area contributed by atoms with Crippen LogP contribution in [0.1, 0.15) is 15.9 Å². The van der Waals surface area contributed by atoms with Gasteiger partial charge in [-0.3, -0.25) is 14.9 Å². The second-order valence-corrected chi connectivity index (χ2v) is 4.98. The second-order valence-electron chi connectivity index (χ2n) is 4.57. The van der Waals surface area contributed by atoms with Crippen molar-refractivity contribution in [2.45, 2.75) is 6.61 Å². The number of carbonyl (C=O) groups excluding carboxylic acids is 1. The quantitative estimate of drug-likeness (QED) is 0.325. The molecule has 0 bridgehead atoms. The van der Waals surface area contributed by atoms with E-state index in [-0.39, 0.29) is 22.0 Å². The Hall–Kier alpha value is -2.80. The molecule has 0 atom stereocenters. The minimum absolute atomic E-state index is 0.00167. The van der Waals surface area contributed by atoms with Gasteiger partial charge in [0.15, 0.2) is 5.78 Å². The van der Waals surface area contributed by atoms with Gasteiger partial charge in [0, 0.05) is 11.6 Å². The molecule has 2 rings (SSSR count). The van der Waals surface area contributed by atoms with Crippen molar-refractivity contribution in [3.63, 3.8) is 0 Å². The van der Waals surface area contributed by atoms with Crippen LogP contribution in [0.3, 0.4) is 0 Å². The number of ether oxygens (including phenoxy) is 1. The van der Waals surface area contributed by atoms with E-state index in [1.165, 1.54) is 48.6 Å². The van der Waals surface area contributed by atoms with Crippen LogP contribution in [0.5, 0.6) is 5.75 Å². The third kappa shape index (κ3) is 4.60. The van der Waals surface area contributed by atoms with Gasteiger partial charge in [0.25, 0.3) is 5.69 Å². The lowest BCUT2D eigenvalue weighted by Crippen LogP contribution is -2.01. The molecule has 2 aromatic rings. The maximum absolute atomic E-state index is 12.0. The van der Waals surface area contributed by atoms with Crippen molar-refractivity contribution in [3.8, 4) is 5.75 Å². The molecule has 24 heavy (non-hydrogen) atoms. The highest BCUT2D eigenvalue weighted by atomic mass is 35.5. The van der Waals surface area contributed by atoms with Crippen molar-refractivity contribution in [1.82, 2.24) is 0 Å². The molecular weight excluding hydrogens is 344 g/mol. The van der Waals surface area contributed by atoms with E-state index >= 15 is 0 Å². The smallest absolute Gasteiger partial charge is 0.387 e. The molecule has 5 nitrogen and oxygen atoms in total. The Labute approximate surface area is 140 Å². The van der Waals surface area contributed by atoms with E-state index in [2.05, 4.69) is 4.74 Å². The Bertz CT molecular complexity index is 791. The molecule has 0 amide bonds. The number of rotatable bonds is 6. The number of nitrogens with zero attached hydrogens (tertiary/aromatic N) is 1. The maximum atomic E-state index is 12.0. The van der Waals surface area contributed by atoms with Gasteiger partial charge in [-0.25, -0.2) is 0 Å². The lowest BCUT2D eigenvalue weighted by Gasteiger charge is -2.03. The van der Waals surface area contributed by atoms with Crippen LogP contribution in [0.25, 0.3) is 6.08 Å². The first-order valence-corrected chi connectivity index (χ1v) is 6.96. The molecule has 0 saturated carbocycles. The zero-order chi connectivity index (χ0) is 17.7. The van der Waals surface area contributed by atoms with E-state index in [0.29, 0.717) is 5.56 Å². The second kappa shape index (κ2) is 7.65. The molecule has 0 fully saturated rings. The summed E-state index contributed by atoms with van der Waals surface area (Å²) >= 11 is 5.68. The summed E-state index contributed by atoms with van der Waals surface area (Å²) in [6.45, 7) is -2.91. The van der Waals surface area contributed by atoms with Gasteiger partial charge in [0.05, 0.1) is 4.92 Å². The van der Waals surface area contributed by atoms with Crippen molar-refractivity contribution in [2.24, 2.45) is 0 Å². The van der Waals surface area contributed by atoms with Gasteiger partial charge in [-0.05, 0) is 35.9 Å². The maximum Gasteiger partial charge on any atom is 0.387 e. The summed E-state index contributed by atoms with van der Waals surface area (Å²) in [6, 6.07) is 9.40. The van der Waals surface area contributed by atoms with Gasteiger partial charge in [0.2, 0.25) is 0 Å². The van der Waals surface area contributed by atoms with Crippen LogP contribution in [0, 0.1) is 10.1 Å². The Morgan fingerprint density at radius 1 is 1.21 bits per heavy atom. The summed E-state index contributed by atoms with van der Waals surface area (Å²) in [5.74, 6) is -0.454. The summed E-state index contributed by atoms with van der Waals surface area (Å²) < 4.78 is 28.3. The van der Waals surface area contributed by atoms with Crippen LogP contribution < -0.4 is 4.74 Å². The monoisotopic (exact) mass is 353 g/mol. The third-order valence-electron chi connectivity index (χ3n) is 2.96. The number of nitro benzene ring substituents is 1. The molecular formula is C16H10ClF2NO4. The molecule has 0 unspecified atom stereocenters. The first-order chi connectivity index (χ1) is 11.4. The number of allylic oxidation sites excluding steroid dienone is 1. The van der Waals surface area contributed by atoms with E-state index < -0.39 is 17.3 Å². The minimum Gasteiger partial charge on any atom is -0.435 e. The van der Waals surface area contributed by atoms with Gasteiger partial charge in [-0.2, -0.15) is 8.78 Å². The number of hydrogen-bond acceptors (Lipinski definition) is 4. The van der Waals surface area contributed by atoms with Crippen molar-refractivity contribution in [2.75, 3.05) is 0 Å². The highest BCUT2D eigenvalue weighted by Gasteiger charge is 2.15. The van der Waals surface area contributed by atoms with E-state index in [4.69, 9.17) is 11.6 Å². The highest BCUT2D eigenvalue weighted by molar-refractivity contribution is 6.32. The van der Waals surface area contributed by atoms with Gasteiger partial charge in [0.1, 0.15) is 10.8 Å². The number of hydrogen-bond donors (Lipinski definition) is 0. The van der Waals surface area contributed by atoms with E-state index in [1.807, 2.05) is 0 Å². The lowest BCUT2D eigenvalue weighted by atomic mass is 10.1. The van der Waals surface area contributed by atoms with E-state index in [0.717, 1.165) is 6.07 Å². The van der Waals surface area contributed by atoms with Crippen LogP contribution in [0.15, 0.2) is 48.5 Å². The molecule has 0 spiro atoms. The van der Waals surface area contributed by atoms with Crippen LogP contribution in [0.4, 0.5) is 14.5 Å². The first kappa shape index (κ1) is 17.6. The molecule has 0 radical (unpaired) electrons. The van der Waals surface area contributed by atoms with E-state index in [1.54, 1.807) is 0 Å². The average Bonchev–Trinajstić information content (AvgIpc) is 2.53. The predicted octanol–water partition coefficient (Wildman–Crippen LogP) is 4.75. The zero-order valence-corrected chi connectivity index (χ0v) is 12.7. The van der Waals surface area contributed by atoms with Gasteiger partial charge < -0.3 is 4.74 Å². The Kier molecular flexibility index (Phi) is 5.59. The molecule has 0 saturated heterocycles. The van der Waals surface area contributed by atoms with Gasteiger partial charge in [-0.1, -0.05) is 29.8 Å². The van der Waals surface area contributed by atoms with Crippen molar-refractivity contribution < 1.29 is 23.2 Å². The number of nitro groups is 1. The van der Waals surface area contributed by atoms with Crippen molar-refractivity contribution in [1.29, 1.82) is 0 Å². The normalized spacial score (nSPS) is 11.0. The highest BCUT2D eigenvalue weighted by Crippen LogP contribution is 2.25.